The van der Waals surface area contributed by atoms with E-state index in [2.05, 4.69) is 6.92 Å². The van der Waals surface area contributed by atoms with Crippen LogP contribution in [0.3, 0.4) is 0 Å². The van der Waals surface area contributed by atoms with E-state index in [1.165, 1.54) is 6.42 Å². The molecule has 1 heterocycles. The zero-order chi connectivity index (χ0) is 14.5. The number of rotatable bonds is 6. The molecule has 0 radical (unpaired) electrons. The molecule has 4 heteroatoms. The Morgan fingerprint density at radius 1 is 1.25 bits per heavy atom. The predicted molar refractivity (Wildman–Crippen MR) is 75.1 cm³/mol. The highest BCUT2D eigenvalue weighted by Crippen LogP contribution is 2.33. The minimum Gasteiger partial charge on any atom is -0.487 e. The lowest BCUT2D eigenvalue weighted by atomic mass is 9.87. The maximum absolute atomic E-state index is 12.1. The van der Waals surface area contributed by atoms with Crippen molar-refractivity contribution in [1.82, 2.24) is 0 Å². The first-order valence-electron chi connectivity index (χ1n) is 7.77. The van der Waals surface area contributed by atoms with Crippen molar-refractivity contribution in [3.8, 4) is 0 Å². The van der Waals surface area contributed by atoms with Crippen molar-refractivity contribution in [2.24, 2.45) is 0 Å². The van der Waals surface area contributed by atoms with Crippen LogP contribution in [0, 0.1) is 0 Å². The number of ketones is 2. The molecular weight excluding hydrogens is 256 g/mol. The van der Waals surface area contributed by atoms with Crippen LogP contribution >= 0.6 is 0 Å². The van der Waals surface area contributed by atoms with Crippen molar-refractivity contribution in [3.05, 3.63) is 11.3 Å². The van der Waals surface area contributed by atoms with Crippen LogP contribution in [0.5, 0.6) is 0 Å². The Morgan fingerprint density at radius 2 is 2.05 bits per heavy atom. The van der Waals surface area contributed by atoms with Gasteiger partial charge in [0, 0.05) is 18.4 Å². The van der Waals surface area contributed by atoms with Crippen molar-refractivity contribution < 1.29 is 19.4 Å². The first kappa shape index (κ1) is 15.2. The topological polar surface area (TPSA) is 63.6 Å². The molecule has 0 aromatic rings. The minimum atomic E-state index is -0.876. The maximum atomic E-state index is 12.1. The van der Waals surface area contributed by atoms with E-state index >= 15 is 0 Å². The lowest BCUT2D eigenvalue weighted by Gasteiger charge is -2.31. The van der Waals surface area contributed by atoms with Crippen LogP contribution in [0.25, 0.3) is 0 Å². The number of hydrogen-bond donors (Lipinski definition) is 1. The van der Waals surface area contributed by atoms with Gasteiger partial charge in [-0.3, -0.25) is 9.59 Å². The third kappa shape index (κ3) is 3.48. The van der Waals surface area contributed by atoms with E-state index in [-0.39, 0.29) is 17.7 Å². The summed E-state index contributed by atoms with van der Waals surface area (Å²) < 4.78 is 5.73. The van der Waals surface area contributed by atoms with Gasteiger partial charge in [-0.25, -0.2) is 0 Å². The van der Waals surface area contributed by atoms with Gasteiger partial charge in [-0.15, -0.1) is 0 Å². The molecule has 0 bridgehead atoms. The second-order valence-corrected chi connectivity index (χ2v) is 5.74. The summed E-state index contributed by atoms with van der Waals surface area (Å²) in [6.07, 6.45) is 5.79. The number of Topliss-reactive ketones (excluding diaryl/α,β-unsaturated/α-hetero) is 2. The Balaban J connectivity index is 1.87. The monoisotopic (exact) mass is 280 g/mol. The molecule has 0 aromatic heterocycles. The van der Waals surface area contributed by atoms with Crippen molar-refractivity contribution >= 4 is 11.6 Å². The number of aliphatic hydroxyl groups excluding tert-OH is 1. The molecule has 112 valence electrons. The largest absolute Gasteiger partial charge is 0.487 e. The zero-order valence-corrected chi connectivity index (χ0v) is 12.2. The SMILES string of the molecule is CCCCCCC(=O)[C@H]1CCC2=C(CC[C@@H](O)C2=O)O1. The third-order valence-corrected chi connectivity index (χ3v) is 4.16. The fourth-order valence-corrected chi connectivity index (χ4v) is 2.90. The normalized spacial score (nSPS) is 26.2. The third-order valence-electron chi connectivity index (χ3n) is 4.16. The van der Waals surface area contributed by atoms with E-state index in [9.17, 15) is 14.7 Å². The summed E-state index contributed by atoms with van der Waals surface area (Å²) in [6.45, 7) is 2.15. The summed E-state index contributed by atoms with van der Waals surface area (Å²) in [6, 6.07) is 0. The Hall–Kier alpha value is -1.16. The maximum Gasteiger partial charge on any atom is 0.190 e. The first-order valence-corrected chi connectivity index (χ1v) is 7.77. The standard InChI is InChI=1S/C16H24O4/c1-2-3-4-5-6-12(17)15-9-7-11-14(20-15)10-8-13(18)16(11)19/h13,15,18H,2-10H2,1H3/t13-,15-/m1/s1. The van der Waals surface area contributed by atoms with Crippen molar-refractivity contribution in [3.63, 3.8) is 0 Å². The smallest absolute Gasteiger partial charge is 0.190 e. The molecule has 0 aromatic carbocycles. The summed E-state index contributed by atoms with van der Waals surface area (Å²) in [5.41, 5.74) is 0.610. The molecule has 2 aliphatic rings. The molecule has 1 aliphatic heterocycles. The average Bonchev–Trinajstić information content (AvgIpc) is 2.47. The van der Waals surface area contributed by atoms with Crippen LogP contribution in [0.15, 0.2) is 11.3 Å². The molecule has 0 amide bonds. The van der Waals surface area contributed by atoms with Gasteiger partial charge in [0.1, 0.15) is 11.9 Å². The van der Waals surface area contributed by atoms with Gasteiger partial charge in [0.2, 0.25) is 0 Å². The van der Waals surface area contributed by atoms with Crippen molar-refractivity contribution in [1.29, 1.82) is 0 Å². The molecule has 0 spiro atoms. The van der Waals surface area contributed by atoms with E-state index in [0.717, 1.165) is 19.3 Å². The highest BCUT2D eigenvalue weighted by Gasteiger charge is 2.35. The van der Waals surface area contributed by atoms with Crippen LogP contribution in [-0.4, -0.2) is 28.9 Å². The van der Waals surface area contributed by atoms with Gasteiger partial charge in [0.15, 0.2) is 17.7 Å². The molecule has 0 unspecified atom stereocenters. The Morgan fingerprint density at radius 3 is 2.80 bits per heavy atom. The average molecular weight is 280 g/mol. The Kier molecular flexibility index (Phi) is 5.35. The molecule has 1 aliphatic carbocycles. The number of ether oxygens (including phenoxy) is 1. The van der Waals surface area contributed by atoms with Gasteiger partial charge in [-0.2, -0.15) is 0 Å². The molecule has 2 atom stereocenters. The van der Waals surface area contributed by atoms with Gasteiger partial charge in [0.05, 0.1) is 0 Å². The second kappa shape index (κ2) is 7.02. The molecule has 4 nitrogen and oxygen atoms in total. The Labute approximate surface area is 120 Å². The van der Waals surface area contributed by atoms with Gasteiger partial charge in [-0.05, 0) is 25.7 Å². The molecule has 1 N–H and O–H groups in total. The van der Waals surface area contributed by atoms with E-state index in [0.29, 0.717) is 43.4 Å². The van der Waals surface area contributed by atoms with Crippen LogP contribution in [0.4, 0.5) is 0 Å². The number of allylic oxidation sites excluding steroid dienone is 1. The molecule has 0 saturated heterocycles. The fourth-order valence-electron chi connectivity index (χ4n) is 2.90. The summed E-state index contributed by atoms with van der Waals surface area (Å²) in [5.74, 6) is 0.602. The second-order valence-electron chi connectivity index (χ2n) is 5.74. The summed E-state index contributed by atoms with van der Waals surface area (Å²) in [5, 5.41) is 9.55. The fraction of sp³-hybridized carbons (Fsp3) is 0.750. The van der Waals surface area contributed by atoms with Gasteiger partial charge >= 0.3 is 0 Å². The van der Waals surface area contributed by atoms with Crippen LogP contribution < -0.4 is 0 Å². The zero-order valence-electron chi connectivity index (χ0n) is 12.2. The van der Waals surface area contributed by atoms with Crippen molar-refractivity contribution in [2.45, 2.75) is 76.9 Å². The lowest BCUT2D eigenvalue weighted by Crippen LogP contribution is -2.35. The van der Waals surface area contributed by atoms with Crippen LogP contribution in [0.2, 0.25) is 0 Å². The lowest BCUT2D eigenvalue weighted by molar-refractivity contribution is -0.132. The van der Waals surface area contributed by atoms with E-state index in [1.807, 2.05) is 0 Å². The Bertz CT molecular complexity index is 411. The number of carbonyl (C=O) groups is 2. The van der Waals surface area contributed by atoms with Crippen molar-refractivity contribution in [2.75, 3.05) is 0 Å². The van der Waals surface area contributed by atoms with Crippen LogP contribution in [-0.2, 0) is 14.3 Å². The summed E-state index contributed by atoms with van der Waals surface area (Å²) in [4.78, 5) is 23.9. The molecular formula is C16H24O4. The van der Waals surface area contributed by atoms with Gasteiger partial charge in [-0.1, -0.05) is 26.2 Å². The number of carbonyl (C=O) groups excluding carboxylic acids is 2. The summed E-state index contributed by atoms with van der Waals surface area (Å²) >= 11 is 0. The number of unbranched alkanes of at least 4 members (excludes halogenated alkanes) is 3. The van der Waals surface area contributed by atoms with Crippen LogP contribution in [0.1, 0.15) is 64.7 Å². The quantitative estimate of drug-likeness (QED) is 0.760. The highest BCUT2D eigenvalue weighted by atomic mass is 16.5. The summed E-state index contributed by atoms with van der Waals surface area (Å²) in [7, 11) is 0. The first-order chi connectivity index (χ1) is 9.63. The van der Waals surface area contributed by atoms with Gasteiger partial charge in [0.25, 0.3) is 0 Å². The minimum absolute atomic E-state index is 0.159. The molecule has 20 heavy (non-hydrogen) atoms. The van der Waals surface area contributed by atoms with E-state index < -0.39 is 6.10 Å². The predicted octanol–water partition coefficient (Wildman–Crippen LogP) is 2.68. The van der Waals surface area contributed by atoms with Gasteiger partial charge < -0.3 is 9.84 Å². The van der Waals surface area contributed by atoms with E-state index in [1.54, 1.807) is 0 Å². The molecule has 0 saturated carbocycles. The van der Waals surface area contributed by atoms with E-state index in [4.69, 9.17) is 4.74 Å². The number of hydrogen-bond acceptors (Lipinski definition) is 4. The number of aliphatic hydroxyl groups is 1. The molecule has 0 fully saturated rings. The molecule has 2 rings (SSSR count). The highest BCUT2D eigenvalue weighted by molar-refractivity contribution is 6.00.